The summed E-state index contributed by atoms with van der Waals surface area (Å²) in [5, 5.41) is 2.87. The highest BCUT2D eigenvalue weighted by Gasteiger charge is 2.07. The normalized spacial score (nSPS) is 10.5. The molecular weight excluding hydrogens is 330 g/mol. The molecule has 0 aliphatic heterocycles. The minimum absolute atomic E-state index is 0.00742. The maximum atomic E-state index is 12.0. The van der Waals surface area contributed by atoms with Gasteiger partial charge in [0.15, 0.2) is 18.1 Å². The Labute approximate surface area is 155 Å². The smallest absolute Gasteiger partial charge is 0.257 e. The van der Waals surface area contributed by atoms with Crippen LogP contribution in [0.25, 0.3) is 0 Å². The summed E-state index contributed by atoms with van der Waals surface area (Å²) in [4.78, 5) is 12.0. The van der Waals surface area contributed by atoms with E-state index in [0.717, 1.165) is 5.56 Å². The SMILES string of the molecule is COc1ccc(CCNC(=O)COc2cccc(C(C)C)c2)cc1OC. The van der Waals surface area contributed by atoms with Crippen LogP contribution >= 0.6 is 0 Å². The molecule has 0 radical (unpaired) electrons. The van der Waals surface area contributed by atoms with Crippen molar-refractivity contribution < 1.29 is 19.0 Å². The van der Waals surface area contributed by atoms with Crippen LogP contribution in [-0.4, -0.2) is 33.3 Å². The van der Waals surface area contributed by atoms with Crippen LogP contribution in [0.3, 0.4) is 0 Å². The first-order valence-electron chi connectivity index (χ1n) is 8.74. The Hall–Kier alpha value is -2.69. The van der Waals surface area contributed by atoms with E-state index in [2.05, 4.69) is 25.2 Å². The summed E-state index contributed by atoms with van der Waals surface area (Å²) in [5.74, 6) is 2.38. The summed E-state index contributed by atoms with van der Waals surface area (Å²) in [6.07, 6.45) is 0.703. The quantitative estimate of drug-likeness (QED) is 0.745. The fraction of sp³-hybridized carbons (Fsp3) is 0.381. The van der Waals surface area contributed by atoms with Gasteiger partial charge in [-0.15, -0.1) is 0 Å². The first-order valence-corrected chi connectivity index (χ1v) is 8.74. The van der Waals surface area contributed by atoms with E-state index in [1.807, 2.05) is 36.4 Å². The van der Waals surface area contributed by atoms with E-state index < -0.39 is 0 Å². The van der Waals surface area contributed by atoms with Crippen LogP contribution in [0.5, 0.6) is 17.2 Å². The van der Waals surface area contributed by atoms with Crippen LogP contribution in [0.4, 0.5) is 0 Å². The summed E-state index contributed by atoms with van der Waals surface area (Å²) in [6.45, 7) is 4.79. The minimum Gasteiger partial charge on any atom is -0.493 e. The summed E-state index contributed by atoms with van der Waals surface area (Å²) < 4.78 is 16.1. The van der Waals surface area contributed by atoms with E-state index in [1.165, 1.54) is 5.56 Å². The molecule has 0 aliphatic rings. The van der Waals surface area contributed by atoms with Crippen LogP contribution in [0.1, 0.15) is 30.9 Å². The van der Waals surface area contributed by atoms with Gasteiger partial charge in [0.25, 0.3) is 5.91 Å². The van der Waals surface area contributed by atoms with E-state index in [9.17, 15) is 4.79 Å². The lowest BCUT2D eigenvalue weighted by molar-refractivity contribution is -0.123. The molecule has 0 spiro atoms. The molecule has 0 saturated carbocycles. The maximum Gasteiger partial charge on any atom is 0.257 e. The lowest BCUT2D eigenvalue weighted by Gasteiger charge is -2.11. The molecule has 0 saturated heterocycles. The third kappa shape index (κ3) is 5.69. The van der Waals surface area contributed by atoms with Gasteiger partial charge in [0.05, 0.1) is 14.2 Å². The molecule has 0 aromatic heterocycles. The van der Waals surface area contributed by atoms with Crippen molar-refractivity contribution in [3.05, 3.63) is 53.6 Å². The van der Waals surface area contributed by atoms with Gasteiger partial charge in [0.1, 0.15) is 5.75 Å². The van der Waals surface area contributed by atoms with Gasteiger partial charge in [-0.2, -0.15) is 0 Å². The number of rotatable bonds is 9. The van der Waals surface area contributed by atoms with Gasteiger partial charge >= 0.3 is 0 Å². The summed E-state index contributed by atoms with van der Waals surface area (Å²) in [7, 11) is 3.21. The Morgan fingerprint density at radius 1 is 1.04 bits per heavy atom. The predicted molar refractivity (Wildman–Crippen MR) is 102 cm³/mol. The van der Waals surface area contributed by atoms with Gasteiger partial charge in [0.2, 0.25) is 0 Å². The Kier molecular flexibility index (Phi) is 7.33. The highest BCUT2D eigenvalue weighted by atomic mass is 16.5. The molecule has 5 nitrogen and oxygen atoms in total. The van der Waals surface area contributed by atoms with Crippen LogP contribution in [0, 0.1) is 0 Å². The van der Waals surface area contributed by atoms with Crippen molar-refractivity contribution >= 4 is 5.91 Å². The van der Waals surface area contributed by atoms with Gasteiger partial charge in [-0.3, -0.25) is 4.79 Å². The number of carbonyl (C=O) groups excluding carboxylic acids is 1. The fourth-order valence-electron chi connectivity index (χ4n) is 2.55. The number of nitrogens with one attached hydrogen (secondary N) is 1. The van der Waals surface area contributed by atoms with E-state index in [4.69, 9.17) is 14.2 Å². The molecule has 140 valence electrons. The number of methoxy groups -OCH3 is 2. The molecule has 1 amide bonds. The third-order valence-electron chi connectivity index (χ3n) is 4.08. The Bertz CT molecular complexity index is 728. The molecule has 5 heteroatoms. The average Bonchev–Trinajstić information content (AvgIpc) is 2.66. The molecular formula is C21H27NO4. The topological polar surface area (TPSA) is 56.8 Å². The number of benzene rings is 2. The third-order valence-corrected chi connectivity index (χ3v) is 4.08. The van der Waals surface area contributed by atoms with E-state index >= 15 is 0 Å². The van der Waals surface area contributed by atoms with Crippen LogP contribution in [0.2, 0.25) is 0 Å². The first kappa shape index (κ1) is 19.6. The summed E-state index contributed by atoms with van der Waals surface area (Å²) >= 11 is 0. The zero-order valence-corrected chi connectivity index (χ0v) is 15.9. The lowest BCUT2D eigenvalue weighted by Crippen LogP contribution is -2.30. The van der Waals surface area contributed by atoms with Gasteiger partial charge in [0, 0.05) is 6.54 Å². The second-order valence-corrected chi connectivity index (χ2v) is 6.31. The van der Waals surface area contributed by atoms with Gasteiger partial charge < -0.3 is 19.5 Å². The fourth-order valence-corrected chi connectivity index (χ4v) is 2.55. The van der Waals surface area contributed by atoms with Crippen molar-refractivity contribution in [1.82, 2.24) is 5.32 Å². The van der Waals surface area contributed by atoms with Crippen molar-refractivity contribution in [1.29, 1.82) is 0 Å². The minimum atomic E-state index is -0.138. The monoisotopic (exact) mass is 357 g/mol. The highest BCUT2D eigenvalue weighted by molar-refractivity contribution is 5.77. The maximum absolute atomic E-state index is 12.0. The number of ether oxygens (including phenoxy) is 3. The molecule has 0 bridgehead atoms. The number of carbonyl (C=O) groups is 1. The first-order chi connectivity index (χ1) is 12.5. The zero-order chi connectivity index (χ0) is 18.9. The Morgan fingerprint density at radius 2 is 1.81 bits per heavy atom. The van der Waals surface area contributed by atoms with Crippen LogP contribution < -0.4 is 19.5 Å². The van der Waals surface area contributed by atoms with E-state index in [0.29, 0.717) is 36.1 Å². The van der Waals surface area contributed by atoms with Crippen LogP contribution in [0.15, 0.2) is 42.5 Å². The van der Waals surface area contributed by atoms with E-state index in [1.54, 1.807) is 14.2 Å². The number of hydrogen-bond acceptors (Lipinski definition) is 4. The lowest BCUT2D eigenvalue weighted by atomic mass is 10.0. The zero-order valence-electron chi connectivity index (χ0n) is 15.9. The molecule has 0 atom stereocenters. The van der Waals surface area contributed by atoms with Crippen molar-refractivity contribution in [2.45, 2.75) is 26.2 Å². The van der Waals surface area contributed by atoms with Crippen molar-refractivity contribution in [2.75, 3.05) is 27.4 Å². The largest absolute Gasteiger partial charge is 0.493 e. The number of amides is 1. The molecule has 0 fully saturated rings. The second kappa shape index (κ2) is 9.70. The molecule has 2 aromatic rings. The van der Waals surface area contributed by atoms with Crippen LogP contribution in [-0.2, 0) is 11.2 Å². The second-order valence-electron chi connectivity index (χ2n) is 6.31. The highest BCUT2D eigenvalue weighted by Crippen LogP contribution is 2.27. The molecule has 0 aliphatic carbocycles. The molecule has 26 heavy (non-hydrogen) atoms. The summed E-state index contributed by atoms with van der Waals surface area (Å²) in [6, 6.07) is 13.6. The van der Waals surface area contributed by atoms with Crippen molar-refractivity contribution in [2.24, 2.45) is 0 Å². The molecule has 0 unspecified atom stereocenters. The molecule has 2 rings (SSSR count). The Balaban J connectivity index is 1.78. The van der Waals surface area contributed by atoms with Gasteiger partial charge in [-0.25, -0.2) is 0 Å². The van der Waals surface area contributed by atoms with Crippen molar-refractivity contribution in [3.8, 4) is 17.2 Å². The summed E-state index contributed by atoms with van der Waals surface area (Å²) in [5.41, 5.74) is 2.25. The number of hydrogen-bond donors (Lipinski definition) is 1. The average molecular weight is 357 g/mol. The molecule has 0 heterocycles. The molecule has 2 aromatic carbocycles. The Morgan fingerprint density at radius 3 is 2.50 bits per heavy atom. The molecule has 1 N–H and O–H groups in total. The van der Waals surface area contributed by atoms with Gasteiger partial charge in [-0.05, 0) is 47.7 Å². The van der Waals surface area contributed by atoms with Gasteiger partial charge in [-0.1, -0.05) is 32.0 Å². The standard InChI is InChI=1S/C21H27NO4/c1-15(2)17-6-5-7-18(13-17)26-14-21(23)22-11-10-16-8-9-19(24-3)20(12-16)25-4/h5-9,12-13,15H,10-11,14H2,1-4H3,(H,22,23). The van der Waals surface area contributed by atoms with E-state index in [-0.39, 0.29) is 12.5 Å². The predicted octanol–water partition coefficient (Wildman–Crippen LogP) is 3.56. The van der Waals surface area contributed by atoms with Crippen molar-refractivity contribution in [3.63, 3.8) is 0 Å².